The van der Waals surface area contributed by atoms with Crippen LogP contribution in [-0.4, -0.2) is 36.9 Å². The lowest BCUT2D eigenvalue weighted by Crippen LogP contribution is -2.37. The van der Waals surface area contributed by atoms with Gasteiger partial charge in [0.2, 0.25) is 0 Å². The molecule has 1 heterocycles. The van der Waals surface area contributed by atoms with Crippen molar-refractivity contribution >= 4 is 34.1 Å². The Labute approximate surface area is 117 Å². The molecule has 0 saturated heterocycles. The van der Waals surface area contributed by atoms with E-state index in [4.69, 9.17) is 10.5 Å². The molecule has 2 N–H and O–H groups in total. The van der Waals surface area contributed by atoms with E-state index in [0.717, 1.165) is 24.0 Å². The van der Waals surface area contributed by atoms with Gasteiger partial charge in [-0.2, -0.15) is 4.37 Å². The first-order chi connectivity index (χ1) is 8.69. The number of aromatic nitrogens is 1. The standard InChI is InChI=1S/C12H21N3OS2/c1-8(9-4-5-9)15(6-7-16-2)12-10(17-3)11(13)14-18-12/h8-9H,4-7H2,1-3H3,(H2,13,14). The molecule has 0 amide bonds. The van der Waals surface area contributed by atoms with Crippen LogP contribution in [0, 0.1) is 5.92 Å². The summed E-state index contributed by atoms with van der Waals surface area (Å²) in [7, 11) is 1.75. The zero-order valence-electron chi connectivity index (χ0n) is 11.2. The quantitative estimate of drug-likeness (QED) is 0.781. The summed E-state index contributed by atoms with van der Waals surface area (Å²) in [5.41, 5.74) is 5.93. The summed E-state index contributed by atoms with van der Waals surface area (Å²) in [5, 5.41) is 1.21. The first-order valence-electron chi connectivity index (χ1n) is 6.23. The maximum atomic E-state index is 5.93. The van der Waals surface area contributed by atoms with E-state index in [-0.39, 0.29) is 0 Å². The van der Waals surface area contributed by atoms with Crippen molar-refractivity contribution in [1.29, 1.82) is 0 Å². The summed E-state index contributed by atoms with van der Waals surface area (Å²) in [6, 6.07) is 0.547. The predicted molar refractivity (Wildman–Crippen MR) is 79.7 cm³/mol. The molecule has 6 heteroatoms. The lowest BCUT2D eigenvalue weighted by atomic mass is 10.2. The summed E-state index contributed by atoms with van der Waals surface area (Å²) >= 11 is 3.19. The zero-order chi connectivity index (χ0) is 13.1. The molecule has 1 aliphatic rings. The summed E-state index contributed by atoms with van der Waals surface area (Å²) in [6.45, 7) is 3.94. The van der Waals surface area contributed by atoms with Crippen molar-refractivity contribution in [1.82, 2.24) is 4.37 Å². The Morgan fingerprint density at radius 3 is 2.89 bits per heavy atom. The topological polar surface area (TPSA) is 51.4 Å². The van der Waals surface area contributed by atoms with Crippen LogP contribution >= 0.6 is 23.3 Å². The van der Waals surface area contributed by atoms with Gasteiger partial charge in [-0.05, 0) is 43.5 Å². The number of nitrogens with zero attached hydrogens (tertiary/aromatic N) is 2. The number of anilines is 2. The van der Waals surface area contributed by atoms with E-state index >= 15 is 0 Å². The molecule has 1 saturated carbocycles. The van der Waals surface area contributed by atoms with Crippen LogP contribution in [-0.2, 0) is 4.74 Å². The average molecular weight is 287 g/mol. The highest BCUT2D eigenvalue weighted by molar-refractivity contribution is 7.99. The summed E-state index contributed by atoms with van der Waals surface area (Å²) in [5.74, 6) is 1.48. The summed E-state index contributed by atoms with van der Waals surface area (Å²) < 4.78 is 9.52. The molecule has 0 radical (unpaired) electrons. The Morgan fingerprint density at radius 2 is 2.33 bits per heavy atom. The third kappa shape index (κ3) is 2.92. The van der Waals surface area contributed by atoms with Crippen LogP contribution in [0.15, 0.2) is 4.90 Å². The smallest absolute Gasteiger partial charge is 0.153 e. The average Bonchev–Trinajstić information content (AvgIpc) is 3.14. The molecule has 2 rings (SSSR count). The van der Waals surface area contributed by atoms with Gasteiger partial charge in [-0.3, -0.25) is 0 Å². The van der Waals surface area contributed by atoms with E-state index in [1.807, 2.05) is 0 Å². The molecule has 0 aliphatic heterocycles. The summed E-state index contributed by atoms with van der Waals surface area (Å²) in [4.78, 5) is 3.53. The number of nitrogens with two attached hydrogens (primary N) is 1. The number of methoxy groups -OCH3 is 1. The lowest BCUT2D eigenvalue weighted by molar-refractivity contribution is 0.203. The largest absolute Gasteiger partial charge is 0.383 e. The van der Waals surface area contributed by atoms with Crippen molar-refractivity contribution in [2.75, 3.05) is 37.2 Å². The molecule has 1 aromatic heterocycles. The van der Waals surface area contributed by atoms with Gasteiger partial charge >= 0.3 is 0 Å². The molecular weight excluding hydrogens is 266 g/mol. The number of hydrogen-bond acceptors (Lipinski definition) is 6. The van der Waals surface area contributed by atoms with Crippen molar-refractivity contribution in [3.8, 4) is 0 Å². The number of nitrogen functional groups attached to an aromatic ring is 1. The molecule has 0 bridgehead atoms. The second kappa shape index (κ2) is 6.12. The molecule has 1 aliphatic carbocycles. The monoisotopic (exact) mass is 287 g/mol. The highest BCUT2D eigenvalue weighted by Crippen LogP contribution is 2.42. The van der Waals surface area contributed by atoms with Gasteiger partial charge in [-0.1, -0.05) is 0 Å². The van der Waals surface area contributed by atoms with E-state index < -0.39 is 0 Å². The van der Waals surface area contributed by atoms with Gasteiger partial charge in [0.1, 0.15) is 5.00 Å². The maximum Gasteiger partial charge on any atom is 0.153 e. The van der Waals surface area contributed by atoms with Gasteiger partial charge in [-0.15, -0.1) is 11.8 Å². The zero-order valence-corrected chi connectivity index (χ0v) is 12.8. The fraction of sp³-hybridized carbons (Fsp3) is 0.750. The third-order valence-corrected chi connectivity index (χ3v) is 5.29. The Bertz CT molecular complexity index is 393. The number of hydrogen-bond donors (Lipinski definition) is 1. The third-order valence-electron chi connectivity index (χ3n) is 3.45. The second-order valence-corrected chi connectivity index (χ2v) is 6.24. The molecule has 1 fully saturated rings. The highest BCUT2D eigenvalue weighted by Gasteiger charge is 2.33. The van der Waals surface area contributed by atoms with Crippen LogP contribution in [0.2, 0.25) is 0 Å². The first-order valence-corrected chi connectivity index (χ1v) is 8.23. The Kier molecular flexibility index (Phi) is 4.75. The van der Waals surface area contributed by atoms with E-state index in [0.29, 0.717) is 11.9 Å². The van der Waals surface area contributed by atoms with Gasteiger partial charge in [0, 0.05) is 19.7 Å². The predicted octanol–water partition coefficient (Wildman–Crippen LogP) is 2.70. The molecule has 18 heavy (non-hydrogen) atoms. The van der Waals surface area contributed by atoms with Crippen molar-refractivity contribution in [3.63, 3.8) is 0 Å². The lowest BCUT2D eigenvalue weighted by Gasteiger charge is -2.30. The maximum absolute atomic E-state index is 5.93. The fourth-order valence-electron chi connectivity index (χ4n) is 2.17. The van der Waals surface area contributed by atoms with Crippen LogP contribution in [0.1, 0.15) is 19.8 Å². The van der Waals surface area contributed by atoms with Crippen LogP contribution in [0.4, 0.5) is 10.8 Å². The molecule has 4 nitrogen and oxygen atoms in total. The van der Waals surface area contributed by atoms with Crippen LogP contribution in [0.25, 0.3) is 0 Å². The number of rotatable bonds is 7. The molecule has 1 unspecified atom stereocenters. The molecule has 0 aromatic carbocycles. The SMILES string of the molecule is COCCN(c1snc(N)c1SC)C(C)C1CC1. The van der Waals surface area contributed by atoms with Gasteiger partial charge in [0.05, 0.1) is 11.5 Å². The normalized spacial score (nSPS) is 16.8. The molecule has 1 atom stereocenters. The van der Waals surface area contributed by atoms with Gasteiger partial charge in [0.25, 0.3) is 0 Å². The van der Waals surface area contributed by atoms with E-state index in [1.165, 1.54) is 29.4 Å². The Morgan fingerprint density at radius 1 is 1.61 bits per heavy atom. The minimum atomic E-state index is 0.547. The van der Waals surface area contributed by atoms with E-state index in [1.54, 1.807) is 18.9 Å². The minimum absolute atomic E-state index is 0.547. The fourth-order valence-corrected chi connectivity index (χ4v) is 3.96. The van der Waals surface area contributed by atoms with Crippen LogP contribution in [0.5, 0.6) is 0 Å². The minimum Gasteiger partial charge on any atom is -0.383 e. The molecular formula is C12H21N3OS2. The first kappa shape index (κ1) is 14.0. The van der Waals surface area contributed by atoms with Gasteiger partial charge < -0.3 is 15.4 Å². The summed E-state index contributed by atoms with van der Waals surface area (Å²) in [6.07, 6.45) is 4.74. The van der Waals surface area contributed by atoms with Crippen molar-refractivity contribution < 1.29 is 4.74 Å². The van der Waals surface area contributed by atoms with Gasteiger partial charge in [0.15, 0.2) is 5.82 Å². The second-order valence-electron chi connectivity index (χ2n) is 4.67. The van der Waals surface area contributed by atoms with E-state index in [2.05, 4.69) is 22.5 Å². The Balaban J connectivity index is 2.20. The van der Waals surface area contributed by atoms with Crippen molar-refractivity contribution in [2.24, 2.45) is 5.92 Å². The number of thioether (sulfide) groups is 1. The number of ether oxygens (including phenoxy) is 1. The van der Waals surface area contributed by atoms with Crippen molar-refractivity contribution in [2.45, 2.75) is 30.7 Å². The molecule has 1 aromatic rings. The van der Waals surface area contributed by atoms with Crippen molar-refractivity contribution in [3.05, 3.63) is 0 Å². The molecule has 0 spiro atoms. The van der Waals surface area contributed by atoms with Crippen LogP contribution in [0.3, 0.4) is 0 Å². The van der Waals surface area contributed by atoms with E-state index in [9.17, 15) is 0 Å². The molecule has 102 valence electrons. The highest BCUT2D eigenvalue weighted by atomic mass is 32.2. The van der Waals surface area contributed by atoms with Gasteiger partial charge in [-0.25, -0.2) is 0 Å². The van der Waals surface area contributed by atoms with Crippen LogP contribution < -0.4 is 10.6 Å². The Hall–Kier alpha value is -0.460.